The van der Waals surface area contributed by atoms with Crippen LogP contribution in [0.3, 0.4) is 0 Å². The summed E-state index contributed by atoms with van der Waals surface area (Å²) in [7, 11) is 1.23. The van der Waals surface area contributed by atoms with Crippen molar-refractivity contribution in [1.29, 1.82) is 0 Å². The third-order valence-corrected chi connectivity index (χ3v) is 6.90. The summed E-state index contributed by atoms with van der Waals surface area (Å²) in [5, 5.41) is 0.837. The van der Waals surface area contributed by atoms with Crippen LogP contribution in [-0.2, 0) is 22.2 Å². The average Bonchev–Trinajstić information content (AvgIpc) is 2.82. The summed E-state index contributed by atoms with van der Waals surface area (Å²) >= 11 is 0. The summed E-state index contributed by atoms with van der Waals surface area (Å²) in [5.74, 6) is 1.31. The molecule has 1 unspecified atom stereocenters. The molecule has 32 heavy (non-hydrogen) atoms. The van der Waals surface area contributed by atoms with Gasteiger partial charge in [0.1, 0.15) is 17.7 Å². The molecule has 3 rings (SSSR count). The van der Waals surface area contributed by atoms with Crippen LogP contribution in [0.15, 0.2) is 95.3 Å². The van der Waals surface area contributed by atoms with Crippen LogP contribution in [0, 0.1) is 0 Å². The number of methoxy groups -OCH3 is 1. The van der Waals surface area contributed by atoms with Crippen LogP contribution in [0.25, 0.3) is 11.0 Å². The van der Waals surface area contributed by atoms with E-state index in [4.69, 9.17) is 9.47 Å². The molecule has 3 aromatic rings. The quantitative estimate of drug-likeness (QED) is 0.248. The third kappa shape index (κ3) is 5.39. The van der Waals surface area contributed by atoms with Crippen LogP contribution in [0.5, 0.6) is 5.75 Å². The van der Waals surface area contributed by atoms with Crippen LogP contribution in [-0.4, -0.2) is 41.9 Å². The van der Waals surface area contributed by atoms with E-state index < -0.39 is 0 Å². The lowest BCUT2D eigenvalue weighted by Gasteiger charge is -2.15. The van der Waals surface area contributed by atoms with Crippen molar-refractivity contribution in [2.45, 2.75) is 11.4 Å². The van der Waals surface area contributed by atoms with Gasteiger partial charge in [0, 0.05) is 17.1 Å². The summed E-state index contributed by atoms with van der Waals surface area (Å²) in [6.07, 6.45) is 9.12. The van der Waals surface area contributed by atoms with Gasteiger partial charge in [0.25, 0.3) is 4.90 Å². The molecular formula is C26H29N2O3S+. The van der Waals surface area contributed by atoms with Gasteiger partial charge in [-0.3, -0.25) is 9.36 Å². The lowest BCUT2D eigenvalue weighted by Crippen LogP contribution is -2.29. The number of benzene rings is 1. The number of hydrogen-bond donors (Lipinski definition) is 0. The SMILES string of the molecule is C=C/C=C(\C=C)COCC[S+](C)c1c(OC)c2cccnc2n(Cc2ccccc2)c1=O. The molecule has 0 bridgehead atoms. The first-order valence-electron chi connectivity index (χ1n) is 10.3. The number of fused-ring (bicyclic) bond motifs is 1. The zero-order valence-corrected chi connectivity index (χ0v) is 19.4. The molecule has 2 heterocycles. The molecule has 0 fully saturated rings. The van der Waals surface area contributed by atoms with Gasteiger partial charge in [-0.2, -0.15) is 0 Å². The minimum Gasteiger partial charge on any atom is -0.491 e. The molecule has 0 aliphatic heterocycles. The first-order valence-corrected chi connectivity index (χ1v) is 12.1. The zero-order chi connectivity index (χ0) is 22.9. The summed E-state index contributed by atoms with van der Waals surface area (Å²) < 4.78 is 13.3. The standard InChI is InChI=1S/C26H29N2O3S/c1-5-11-20(6-2)19-31-16-17-32(4)24-23(30-3)22-14-10-15-27-25(22)28(26(24)29)18-21-12-8-7-9-13-21/h5-15H,1-2,16-19H2,3-4H3/q+1/b20-11+. The Labute approximate surface area is 192 Å². The van der Waals surface area contributed by atoms with E-state index >= 15 is 0 Å². The van der Waals surface area contributed by atoms with Crippen LogP contribution in [0.4, 0.5) is 0 Å². The summed E-state index contributed by atoms with van der Waals surface area (Å²) in [4.78, 5) is 18.8. The van der Waals surface area contributed by atoms with Crippen LogP contribution in [0.2, 0.25) is 0 Å². The molecule has 2 aromatic heterocycles. The van der Waals surface area contributed by atoms with Crippen molar-refractivity contribution < 1.29 is 9.47 Å². The van der Waals surface area contributed by atoms with E-state index in [1.807, 2.05) is 48.5 Å². The van der Waals surface area contributed by atoms with E-state index in [2.05, 4.69) is 24.4 Å². The van der Waals surface area contributed by atoms with Gasteiger partial charge in [-0.05, 0) is 23.3 Å². The lowest BCUT2D eigenvalue weighted by atomic mass is 10.2. The van der Waals surface area contributed by atoms with E-state index in [0.717, 1.165) is 16.5 Å². The minimum absolute atomic E-state index is 0.0685. The highest BCUT2D eigenvalue weighted by Crippen LogP contribution is 2.30. The highest BCUT2D eigenvalue weighted by molar-refractivity contribution is 7.96. The molecule has 5 nitrogen and oxygen atoms in total. The maximum absolute atomic E-state index is 13.7. The van der Waals surface area contributed by atoms with Gasteiger partial charge >= 0.3 is 5.56 Å². The Morgan fingerprint density at radius 3 is 2.66 bits per heavy atom. The molecule has 0 aliphatic carbocycles. The van der Waals surface area contributed by atoms with E-state index in [1.165, 1.54) is 0 Å². The fourth-order valence-corrected chi connectivity index (χ4v) is 4.94. The predicted octanol–water partition coefficient (Wildman–Crippen LogP) is 4.38. The topological polar surface area (TPSA) is 53.4 Å². The monoisotopic (exact) mass is 449 g/mol. The Hall–Kier alpha value is -3.09. The zero-order valence-electron chi connectivity index (χ0n) is 18.6. The molecule has 6 heteroatoms. The largest absolute Gasteiger partial charge is 0.491 e. The maximum atomic E-state index is 13.7. The maximum Gasteiger partial charge on any atom is 0.311 e. The molecule has 0 saturated carbocycles. The Morgan fingerprint density at radius 2 is 1.97 bits per heavy atom. The van der Waals surface area contributed by atoms with Crippen molar-refractivity contribution in [1.82, 2.24) is 9.55 Å². The first-order chi connectivity index (χ1) is 15.6. The number of allylic oxidation sites excluding steroid dienone is 2. The van der Waals surface area contributed by atoms with Gasteiger partial charge in [-0.15, -0.1) is 0 Å². The predicted molar refractivity (Wildman–Crippen MR) is 134 cm³/mol. The Balaban J connectivity index is 1.94. The van der Waals surface area contributed by atoms with Crippen LogP contribution < -0.4 is 10.3 Å². The number of hydrogen-bond acceptors (Lipinski definition) is 4. The van der Waals surface area contributed by atoms with Gasteiger partial charge in [0.15, 0.2) is 5.75 Å². The van der Waals surface area contributed by atoms with Gasteiger partial charge in [0.2, 0.25) is 0 Å². The molecule has 0 N–H and O–H groups in total. The van der Waals surface area contributed by atoms with Crippen molar-refractivity contribution in [2.24, 2.45) is 0 Å². The van der Waals surface area contributed by atoms with E-state index in [0.29, 0.717) is 41.8 Å². The van der Waals surface area contributed by atoms with Crippen molar-refractivity contribution in [2.75, 3.05) is 32.3 Å². The van der Waals surface area contributed by atoms with Gasteiger partial charge in [-0.1, -0.05) is 61.7 Å². The molecule has 0 radical (unpaired) electrons. The van der Waals surface area contributed by atoms with E-state index in [1.54, 1.807) is 30.0 Å². The van der Waals surface area contributed by atoms with Crippen LogP contribution >= 0.6 is 0 Å². The normalized spacial score (nSPS) is 12.5. The molecule has 0 amide bonds. The number of ether oxygens (including phenoxy) is 2. The first kappa shape index (κ1) is 23.6. The van der Waals surface area contributed by atoms with Crippen molar-refractivity contribution >= 4 is 21.9 Å². The molecular weight excluding hydrogens is 420 g/mol. The number of nitrogens with zero attached hydrogens (tertiary/aromatic N) is 2. The van der Waals surface area contributed by atoms with Gasteiger partial charge < -0.3 is 9.47 Å². The highest BCUT2D eigenvalue weighted by atomic mass is 32.2. The second-order valence-electron chi connectivity index (χ2n) is 7.19. The Kier molecular flexibility index (Phi) is 8.48. The average molecular weight is 450 g/mol. The molecule has 0 aliphatic rings. The van der Waals surface area contributed by atoms with Crippen molar-refractivity contribution in [3.05, 3.63) is 102 Å². The summed E-state index contributed by atoms with van der Waals surface area (Å²) in [6, 6.07) is 13.8. The molecule has 0 saturated heterocycles. The summed E-state index contributed by atoms with van der Waals surface area (Å²) in [5.41, 5.74) is 2.57. The highest BCUT2D eigenvalue weighted by Gasteiger charge is 2.30. The van der Waals surface area contributed by atoms with E-state index in [-0.39, 0.29) is 16.5 Å². The van der Waals surface area contributed by atoms with Gasteiger partial charge in [0.05, 0.1) is 32.3 Å². The Bertz CT molecular complexity index is 1170. The molecule has 0 spiro atoms. The van der Waals surface area contributed by atoms with E-state index in [9.17, 15) is 4.79 Å². The van der Waals surface area contributed by atoms with Crippen molar-refractivity contribution in [3.63, 3.8) is 0 Å². The minimum atomic E-state index is -0.378. The fraction of sp³-hybridized carbons (Fsp3) is 0.231. The second-order valence-corrected chi connectivity index (χ2v) is 9.28. The lowest BCUT2D eigenvalue weighted by molar-refractivity contribution is 0.175. The second kappa shape index (κ2) is 11.5. The molecule has 166 valence electrons. The smallest absolute Gasteiger partial charge is 0.311 e. The number of rotatable bonds is 11. The fourth-order valence-electron chi connectivity index (χ4n) is 3.45. The van der Waals surface area contributed by atoms with Crippen LogP contribution in [0.1, 0.15) is 5.56 Å². The molecule has 1 aromatic carbocycles. The third-order valence-electron chi connectivity index (χ3n) is 5.07. The van der Waals surface area contributed by atoms with Gasteiger partial charge in [-0.25, -0.2) is 4.98 Å². The van der Waals surface area contributed by atoms with Crippen molar-refractivity contribution in [3.8, 4) is 5.75 Å². The summed E-state index contributed by atoms with van der Waals surface area (Å²) in [6.45, 7) is 8.92. The molecule has 1 atom stereocenters. The number of aromatic nitrogens is 2. The Morgan fingerprint density at radius 1 is 1.19 bits per heavy atom. The number of pyridine rings is 2.